The zero-order chi connectivity index (χ0) is 17.0. The first kappa shape index (κ1) is 16.8. The minimum atomic E-state index is -3.61. The summed E-state index contributed by atoms with van der Waals surface area (Å²) in [5, 5.41) is 9.10. The van der Waals surface area contributed by atoms with Crippen molar-refractivity contribution in [1.29, 1.82) is 0 Å². The second-order valence-corrected chi connectivity index (χ2v) is 6.60. The van der Waals surface area contributed by atoms with Gasteiger partial charge in [-0.05, 0) is 41.3 Å². The van der Waals surface area contributed by atoms with Crippen molar-refractivity contribution in [2.45, 2.75) is 6.92 Å². The van der Waals surface area contributed by atoms with Crippen molar-refractivity contribution in [1.82, 2.24) is 0 Å². The molecule has 0 radical (unpaired) electrons. The predicted molar refractivity (Wildman–Crippen MR) is 87.8 cm³/mol. The van der Waals surface area contributed by atoms with E-state index in [9.17, 15) is 13.2 Å². The van der Waals surface area contributed by atoms with Gasteiger partial charge in [-0.15, -0.1) is 0 Å². The average molecular weight is 332 g/mol. The third-order valence-corrected chi connectivity index (χ3v) is 3.56. The summed E-state index contributed by atoms with van der Waals surface area (Å²) in [6.07, 6.45) is 2.10. The maximum atomic E-state index is 11.2. The van der Waals surface area contributed by atoms with Crippen molar-refractivity contribution in [2.24, 2.45) is 0 Å². The molecule has 0 aliphatic heterocycles. The van der Waals surface area contributed by atoms with Crippen LogP contribution in [0.5, 0.6) is 5.75 Å². The van der Waals surface area contributed by atoms with Gasteiger partial charge in [0.2, 0.25) is 0 Å². The Bertz CT molecular complexity index is 852. The van der Waals surface area contributed by atoms with Crippen LogP contribution in [0, 0.1) is 6.92 Å². The second kappa shape index (κ2) is 6.66. The molecule has 0 aromatic heterocycles. The largest absolute Gasteiger partial charge is 0.478 e. The van der Waals surface area contributed by atoms with Crippen molar-refractivity contribution in [3.05, 3.63) is 71.3 Å². The van der Waals surface area contributed by atoms with Gasteiger partial charge in [0.1, 0.15) is 5.75 Å². The number of carbonyl (C=O) groups is 1. The molecule has 0 saturated heterocycles. The smallest absolute Gasteiger partial charge is 0.328 e. The molecular formula is C17H16O5S. The molecule has 0 aliphatic rings. The highest BCUT2D eigenvalue weighted by Crippen LogP contribution is 2.28. The predicted octanol–water partition coefficient (Wildman–Crippen LogP) is 2.85. The van der Waals surface area contributed by atoms with Gasteiger partial charge in [-0.25, -0.2) is 4.79 Å². The second-order valence-electron chi connectivity index (χ2n) is 5.03. The molecule has 5 nitrogen and oxygen atoms in total. The van der Waals surface area contributed by atoms with Crippen molar-refractivity contribution < 1.29 is 22.5 Å². The Labute approximate surface area is 135 Å². The molecule has 0 atom stereocenters. The Morgan fingerprint density at radius 2 is 1.74 bits per heavy atom. The van der Waals surface area contributed by atoms with Crippen LogP contribution in [0.25, 0.3) is 5.57 Å². The van der Waals surface area contributed by atoms with Crippen LogP contribution in [-0.4, -0.2) is 25.7 Å². The molecule has 6 heteroatoms. The summed E-state index contributed by atoms with van der Waals surface area (Å²) >= 11 is 0. The number of hydrogen-bond acceptors (Lipinski definition) is 4. The van der Waals surface area contributed by atoms with E-state index in [1.807, 2.05) is 30.3 Å². The Hall–Kier alpha value is -2.60. The van der Waals surface area contributed by atoms with Crippen molar-refractivity contribution in [3.8, 4) is 5.75 Å². The lowest BCUT2D eigenvalue weighted by molar-refractivity contribution is -0.131. The highest BCUT2D eigenvalue weighted by molar-refractivity contribution is 7.86. The van der Waals surface area contributed by atoms with Gasteiger partial charge in [0.25, 0.3) is 0 Å². The Kier molecular flexibility index (Phi) is 4.86. The zero-order valence-electron chi connectivity index (χ0n) is 12.7. The zero-order valence-corrected chi connectivity index (χ0v) is 13.5. The number of aliphatic carboxylic acids is 1. The third kappa shape index (κ3) is 4.69. The van der Waals surface area contributed by atoms with E-state index in [0.717, 1.165) is 17.9 Å². The van der Waals surface area contributed by atoms with Gasteiger partial charge in [-0.1, -0.05) is 36.4 Å². The van der Waals surface area contributed by atoms with Crippen molar-refractivity contribution >= 4 is 21.7 Å². The van der Waals surface area contributed by atoms with Crippen LogP contribution in [0.1, 0.15) is 16.7 Å². The minimum Gasteiger partial charge on any atom is -0.478 e. The van der Waals surface area contributed by atoms with E-state index >= 15 is 0 Å². The lowest BCUT2D eigenvalue weighted by Crippen LogP contribution is -2.07. The summed E-state index contributed by atoms with van der Waals surface area (Å²) in [5.74, 6) is -0.836. The van der Waals surface area contributed by atoms with Gasteiger partial charge in [0.15, 0.2) is 0 Å². The molecule has 23 heavy (non-hydrogen) atoms. The maximum absolute atomic E-state index is 11.2. The molecule has 0 spiro atoms. The number of hydrogen-bond donors (Lipinski definition) is 1. The number of rotatable bonds is 5. The van der Waals surface area contributed by atoms with E-state index in [2.05, 4.69) is 0 Å². The fraction of sp³-hybridized carbons (Fsp3) is 0.118. The van der Waals surface area contributed by atoms with Gasteiger partial charge < -0.3 is 9.29 Å². The summed E-state index contributed by atoms with van der Waals surface area (Å²) in [4.78, 5) is 11.1. The summed E-state index contributed by atoms with van der Waals surface area (Å²) < 4.78 is 27.3. The van der Waals surface area contributed by atoms with Crippen molar-refractivity contribution in [3.63, 3.8) is 0 Å². The fourth-order valence-corrected chi connectivity index (χ4v) is 2.66. The van der Waals surface area contributed by atoms with Crippen LogP contribution in [0.4, 0.5) is 0 Å². The average Bonchev–Trinajstić information content (AvgIpc) is 2.46. The normalized spacial score (nSPS) is 12.0. The molecule has 1 N–H and O–H groups in total. The molecule has 0 heterocycles. The van der Waals surface area contributed by atoms with Crippen LogP contribution < -0.4 is 4.18 Å². The van der Waals surface area contributed by atoms with Crippen LogP contribution in [0.2, 0.25) is 0 Å². The molecule has 2 rings (SSSR count). The van der Waals surface area contributed by atoms with E-state index in [1.165, 1.54) is 6.07 Å². The molecule has 2 aromatic rings. The van der Waals surface area contributed by atoms with E-state index < -0.39 is 16.1 Å². The Morgan fingerprint density at radius 3 is 2.26 bits per heavy atom. The summed E-state index contributed by atoms with van der Waals surface area (Å²) in [7, 11) is -3.61. The highest BCUT2D eigenvalue weighted by atomic mass is 32.2. The van der Waals surface area contributed by atoms with Crippen LogP contribution in [0.15, 0.2) is 54.6 Å². The number of benzene rings is 2. The van der Waals surface area contributed by atoms with E-state index in [0.29, 0.717) is 16.7 Å². The van der Waals surface area contributed by atoms with Crippen LogP contribution in [0.3, 0.4) is 0 Å². The lowest BCUT2D eigenvalue weighted by Gasteiger charge is -2.11. The van der Waals surface area contributed by atoms with Gasteiger partial charge in [0, 0.05) is 6.08 Å². The van der Waals surface area contributed by atoms with Gasteiger partial charge >= 0.3 is 16.1 Å². The lowest BCUT2D eigenvalue weighted by atomic mass is 9.96. The summed E-state index contributed by atoms with van der Waals surface area (Å²) in [6, 6.07) is 14.0. The standard InChI is InChI=1S/C17H16O5S/c1-12-10-14(8-9-16(12)22-23(2,20)21)15(11-17(18)19)13-6-4-3-5-7-13/h3-11H,1-2H3,(H,18,19)/b15-11+. The van der Waals surface area contributed by atoms with Gasteiger partial charge in [-0.2, -0.15) is 8.42 Å². The van der Waals surface area contributed by atoms with Gasteiger partial charge in [0.05, 0.1) is 6.26 Å². The van der Waals surface area contributed by atoms with Crippen LogP contribution >= 0.6 is 0 Å². The van der Waals surface area contributed by atoms with Crippen molar-refractivity contribution in [2.75, 3.05) is 6.26 Å². The molecule has 0 bridgehead atoms. The van der Waals surface area contributed by atoms with Crippen LogP contribution in [-0.2, 0) is 14.9 Å². The molecule has 0 saturated carbocycles. The molecule has 120 valence electrons. The highest BCUT2D eigenvalue weighted by Gasteiger charge is 2.12. The number of carboxylic acids is 1. The first-order valence-electron chi connectivity index (χ1n) is 6.77. The van der Waals surface area contributed by atoms with E-state index in [4.69, 9.17) is 9.29 Å². The molecule has 0 amide bonds. The topological polar surface area (TPSA) is 80.7 Å². The molecule has 2 aromatic carbocycles. The Balaban J connectivity index is 2.49. The van der Waals surface area contributed by atoms with E-state index in [-0.39, 0.29) is 5.75 Å². The Morgan fingerprint density at radius 1 is 1.09 bits per heavy atom. The molecule has 0 aliphatic carbocycles. The third-order valence-electron chi connectivity index (χ3n) is 3.08. The number of aryl methyl sites for hydroxylation is 1. The summed E-state index contributed by atoms with van der Waals surface area (Å²) in [6.45, 7) is 1.70. The maximum Gasteiger partial charge on any atom is 0.328 e. The molecule has 0 fully saturated rings. The van der Waals surface area contributed by atoms with E-state index in [1.54, 1.807) is 19.1 Å². The number of carboxylic acid groups (broad SMARTS) is 1. The molecule has 0 unspecified atom stereocenters. The first-order chi connectivity index (χ1) is 10.8. The SMILES string of the molecule is Cc1cc(/C(=C/C(=O)O)c2ccccc2)ccc1OS(C)(=O)=O. The van der Waals surface area contributed by atoms with Gasteiger partial charge in [-0.3, -0.25) is 0 Å². The fourth-order valence-electron chi connectivity index (χ4n) is 2.15. The first-order valence-corrected chi connectivity index (χ1v) is 8.58. The molecular weight excluding hydrogens is 316 g/mol. The summed E-state index contributed by atoms with van der Waals surface area (Å²) in [5.41, 5.74) is 2.55. The minimum absolute atomic E-state index is 0.221. The quantitative estimate of drug-likeness (QED) is 0.672. The monoisotopic (exact) mass is 332 g/mol.